The van der Waals surface area contributed by atoms with Gasteiger partial charge >= 0.3 is 0 Å². The van der Waals surface area contributed by atoms with Crippen molar-refractivity contribution in [3.05, 3.63) is 48.4 Å². The average molecular weight is 360 g/mol. The molecule has 6 nitrogen and oxygen atoms in total. The zero-order valence-corrected chi connectivity index (χ0v) is 14.3. The first-order chi connectivity index (χ1) is 12.1. The van der Waals surface area contributed by atoms with Gasteiger partial charge in [-0.3, -0.25) is 4.21 Å². The van der Waals surface area contributed by atoms with E-state index in [9.17, 15) is 8.60 Å². The Bertz CT molecular complexity index is 896. The standard InChI is InChI=1S/C17H17FN4O2S/c1-25(24)17-21-15(11-2-4-13(18)5-3-11)16(22-17)12-6-7-19-14(10-12)20-8-9-23/h2-7,10,23H,8-9H2,1H3,(H,19,20)(H,21,22). The molecule has 1 aromatic carbocycles. The third kappa shape index (κ3) is 3.92. The molecule has 2 aromatic heterocycles. The van der Waals surface area contributed by atoms with Gasteiger partial charge in [0.1, 0.15) is 11.6 Å². The number of imidazole rings is 1. The first-order valence-electron chi connectivity index (χ1n) is 7.59. The first kappa shape index (κ1) is 17.2. The van der Waals surface area contributed by atoms with E-state index in [1.165, 1.54) is 18.4 Å². The molecule has 0 amide bonds. The summed E-state index contributed by atoms with van der Waals surface area (Å²) in [6, 6.07) is 9.59. The van der Waals surface area contributed by atoms with E-state index in [0.29, 0.717) is 28.9 Å². The summed E-state index contributed by atoms with van der Waals surface area (Å²) in [5.41, 5.74) is 2.76. The van der Waals surface area contributed by atoms with Crippen LogP contribution in [0.4, 0.5) is 10.2 Å². The Kier molecular flexibility index (Phi) is 5.20. The number of hydrogen-bond acceptors (Lipinski definition) is 5. The van der Waals surface area contributed by atoms with Gasteiger partial charge in [-0.2, -0.15) is 0 Å². The molecule has 0 aliphatic rings. The Morgan fingerprint density at radius 3 is 2.68 bits per heavy atom. The van der Waals surface area contributed by atoms with Crippen LogP contribution in [0.3, 0.4) is 0 Å². The van der Waals surface area contributed by atoms with Crippen molar-refractivity contribution >= 4 is 16.6 Å². The summed E-state index contributed by atoms with van der Waals surface area (Å²) in [7, 11) is -1.29. The largest absolute Gasteiger partial charge is 0.395 e. The Hall–Kier alpha value is -2.58. The molecule has 0 aliphatic heterocycles. The van der Waals surface area contributed by atoms with Gasteiger partial charge in [-0.1, -0.05) is 0 Å². The van der Waals surface area contributed by atoms with Crippen molar-refractivity contribution < 1.29 is 13.7 Å². The number of rotatable bonds is 6. The number of nitrogens with zero attached hydrogens (tertiary/aromatic N) is 2. The van der Waals surface area contributed by atoms with Crippen molar-refractivity contribution in [1.29, 1.82) is 0 Å². The fourth-order valence-electron chi connectivity index (χ4n) is 2.38. The smallest absolute Gasteiger partial charge is 0.197 e. The number of hydrogen-bond donors (Lipinski definition) is 3. The Morgan fingerprint density at radius 2 is 2.00 bits per heavy atom. The van der Waals surface area contributed by atoms with E-state index in [-0.39, 0.29) is 12.4 Å². The van der Waals surface area contributed by atoms with Crippen molar-refractivity contribution in [2.75, 3.05) is 24.7 Å². The summed E-state index contributed by atoms with van der Waals surface area (Å²) >= 11 is 0. The van der Waals surface area contributed by atoms with E-state index >= 15 is 0 Å². The summed E-state index contributed by atoms with van der Waals surface area (Å²) in [5, 5.41) is 12.3. The van der Waals surface area contributed by atoms with Gasteiger partial charge in [0.2, 0.25) is 0 Å². The predicted molar refractivity (Wildman–Crippen MR) is 95.1 cm³/mol. The quantitative estimate of drug-likeness (QED) is 0.628. The van der Waals surface area contributed by atoms with Gasteiger partial charge in [-0.05, 0) is 36.4 Å². The minimum Gasteiger partial charge on any atom is -0.395 e. The number of pyridine rings is 1. The maximum atomic E-state index is 13.2. The summed E-state index contributed by atoms with van der Waals surface area (Å²) in [4.78, 5) is 11.7. The molecule has 130 valence electrons. The van der Waals surface area contributed by atoms with Crippen LogP contribution >= 0.6 is 0 Å². The minimum absolute atomic E-state index is 0.00585. The topological polar surface area (TPSA) is 90.9 Å². The van der Waals surface area contributed by atoms with Crippen LogP contribution in [0.25, 0.3) is 22.5 Å². The summed E-state index contributed by atoms with van der Waals surface area (Å²) < 4.78 is 25.1. The lowest BCUT2D eigenvalue weighted by Gasteiger charge is -2.07. The molecule has 3 aromatic rings. The lowest BCUT2D eigenvalue weighted by molar-refractivity contribution is 0.311. The molecule has 2 heterocycles. The molecule has 0 saturated heterocycles. The summed E-state index contributed by atoms with van der Waals surface area (Å²) in [6.45, 7) is 0.375. The fourth-order valence-corrected chi connectivity index (χ4v) is 2.85. The summed E-state index contributed by atoms with van der Waals surface area (Å²) in [6.07, 6.45) is 3.17. The number of aliphatic hydroxyl groups is 1. The van der Waals surface area contributed by atoms with E-state index in [0.717, 1.165) is 11.1 Å². The maximum Gasteiger partial charge on any atom is 0.197 e. The molecule has 0 bridgehead atoms. The molecule has 1 unspecified atom stereocenters. The van der Waals surface area contributed by atoms with Gasteiger partial charge in [0.15, 0.2) is 5.16 Å². The van der Waals surface area contributed by atoms with Crippen LogP contribution in [-0.4, -0.2) is 43.7 Å². The second-order valence-corrected chi connectivity index (χ2v) is 6.60. The van der Waals surface area contributed by atoms with Crippen LogP contribution < -0.4 is 5.32 Å². The predicted octanol–water partition coefficient (Wildman–Crippen LogP) is 2.42. The molecule has 3 rings (SSSR count). The average Bonchev–Trinajstić information content (AvgIpc) is 3.06. The van der Waals surface area contributed by atoms with Crippen LogP contribution in [0, 0.1) is 5.82 Å². The van der Waals surface area contributed by atoms with Crippen LogP contribution in [0.5, 0.6) is 0 Å². The van der Waals surface area contributed by atoms with E-state index in [1.807, 2.05) is 0 Å². The SMILES string of the molecule is CS(=O)c1nc(-c2ccnc(NCCO)c2)c(-c2ccc(F)cc2)[nH]1. The lowest BCUT2D eigenvalue weighted by atomic mass is 10.1. The molecule has 1 atom stereocenters. The number of aromatic nitrogens is 3. The molecule has 0 radical (unpaired) electrons. The van der Waals surface area contributed by atoms with E-state index < -0.39 is 10.8 Å². The van der Waals surface area contributed by atoms with Crippen LogP contribution in [-0.2, 0) is 10.8 Å². The van der Waals surface area contributed by atoms with Gasteiger partial charge in [0.05, 0.1) is 28.8 Å². The minimum atomic E-state index is -1.29. The highest BCUT2D eigenvalue weighted by molar-refractivity contribution is 7.84. The van der Waals surface area contributed by atoms with E-state index in [2.05, 4.69) is 20.3 Å². The third-order valence-corrected chi connectivity index (χ3v) is 4.28. The Labute approximate surface area is 146 Å². The highest BCUT2D eigenvalue weighted by Gasteiger charge is 2.16. The van der Waals surface area contributed by atoms with Crippen molar-refractivity contribution in [3.8, 4) is 22.5 Å². The Balaban J connectivity index is 2.08. The molecule has 0 aliphatic carbocycles. The third-order valence-electron chi connectivity index (χ3n) is 3.54. The highest BCUT2D eigenvalue weighted by Crippen LogP contribution is 2.31. The van der Waals surface area contributed by atoms with Crippen molar-refractivity contribution in [1.82, 2.24) is 15.0 Å². The van der Waals surface area contributed by atoms with Crippen molar-refractivity contribution in [3.63, 3.8) is 0 Å². The van der Waals surface area contributed by atoms with E-state index in [1.54, 1.807) is 30.5 Å². The molecule has 0 saturated carbocycles. The van der Waals surface area contributed by atoms with Gasteiger partial charge in [-0.25, -0.2) is 14.4 Å². The zero-order valence-electron chi connectivity index (χ0n) is 13.5. The number of H-pyrrole nitrogens is 1. The lowest BCUT2D eigenvalue weighted by Crippen LogP contribution is -2.06. The molecule has 25 heavy (non-hydrogen) atoms. The molecule has 3 N–H and O–H groups in total. The number of anilines is 1. The zero-order chi connectivity index (χ0) is 17.8. The molecule has 8 heteroatoms. The second kappa shape index (κ2) is 7.54. The van der Waals surface area contributed by atoms with Gasteiger partial charge in [0.25, 0.3) is 0 Å². The number of aliphatic hydroxyl groups excluding tert-OH is 1. The highest BCUT2D eigenvalue weighted by atomic mass is 32.2. The molecule has 0 fully saturated rings. The first-order valence-corrected chi connectivity index (χ1v) is 9.15. The Morgan fingerprint density at radius 1 is 1.24 bits per heavy atom. The normalized spacial score (nSPS) is 12.1. The molecule has 0 spiro atoms. The van der Waals surface area contributed by atoms with Crippen LogP contribution in [0.1, 0.15) is 0 Å². The summed E-state index contributed by atoms with van der Waals surface area (Å²) in [5.74, 6) is 0.266. The number of aromatic amines is 1. The van der Waals surface area contributed by atoms with Gasteiger partial charge < -0.3 is 15.4 Å². The molecular formula is C17H17FN4O2S. The maximum absolute atomic E-state index is 13.2. The van der Waals surface area contributed by atoms with Crippen molar-refractivity contribution in [2.45, 2.75) is 5.16 Å². The van der Waals surface area contributed by atoms with Crippen LogP contribution in [0.15, 0.2) is 47.8 Å². The second-order valence-electron chi connectivity index (χ2n) is 5.31. The number of nitrogens with one attached hydrogen (secondary N) is 2. The molecular weight excluding hydrogens is 343 g/mol. The number of benzene rings is 1. The fraction of sp³-hybridized carbons (Fsp3) is 0.176. The van der Waals surface area contributed by atoms with E-state index in [4.69, 9.17) is 5.11 Å². The van der Waals surface area contributed by atoms with Gasteiger partial charge in [0, 0.05) is 30.1 Å². The van der Waals surface area contributed by atoms with Gasteiger partial charge in [-0.15, -0.1) is 0 Å². The number of halogens is 1. The van der Waals surface area contributed by atoms with Crippen molar-refractivity contribution in [2.24, 2.45) is 0 Å². The van der Waals surface area contributed by atoms with Crippen LogP contribution in [0.2, 0.25) is 0 Å². The monoisotopic (exact) mass is 360 g/mol.